The summed E-state index contributed by atoms with van der Waals surface area (Å²) in [6.07, 6.45) is 2.26. The smallest absolute Gasteiger partial charge is 0.243 e. The molecule has 0 bridgehead atoms. The van der Waals surface area contributed by atoms with Gasteiger partial charge >= 0.3 is 0 Å². The minimum absolute atomic E-state index is 0.0565. The van der Waals surface area contributed by atoms with Gasteiger partial charge in [-0.05, 0) is 50.5 Å². The van der Waals surface area contributed by atoms with Gasteiger partial charge in [0.1, 0.15) is 5.75 Å². The lowest BCUT2D eigenvalue weighted by molar-refractivity contribution is -0.126. The maximum absolute atomic E-state index is 12.8. The van der Waals surface area contributed by atoms with Crippen LogP contribution in [0.15, 0.2) is 29.2 Å². The number of nitrogens with one attached hydrogen (secondary N) is 1. The van der Waals surface area contributed by atoms with Gasteiger partial charge in [0.05, 0.1) is 17.9 Å². The van der Waals surface area contributed by atoms with E-state index in [1.807, 2.05) is 13.8 Å². The standard InChI is InChI=1S/C17H26N2O4S/c1-4-13(2)18-17(20)14-6-5-11-19(12-14)24(21,22)16-9-7-15(23-3)8-10-16/h7-10,13-14H,4-6,11-12H2,1-3H3,(H,18,20)/t13-,14-/m0/s1. The van der Waals surface area contributed by atoms with E-state index in [1.54, 1.807) is 12.1 Å². The van der Waals surface area contributed by atoms with Crippen molar-refractivity contribution in [3.8, 4) is 5.75 Å². The number of benzene rings is 1. The fraction of sp³-hybridized carbons (Fsp3) is 0.588. The summed E-state index contributed by atoms with van der Waals surface area (Å²) in [4.78, 5) is 12.5. The SMILES string of the molecule is CC[C@H](C)NC(=O)[C@H]1CCCN(S(=O)(=O)c2ccc(OC)cc2)C1. The summed E-state index contributed by atoms with van der Waals surface area (Å²) < 4.78 is 32.1. The summed E-state index contributed by atoms with van der Waals surface area (Å²) in [7, 11) is -2.05. The highest BCUT2D eigenvalue weighted by Crippen LogP contribution is 2.25. The molecule has 0 unspecified atom stereocenters. The number of carbonyl (C=O) groups excluding carboxylic acids is 1. The van der Waals surface area contributed by atoms with Crippen LogP contribution < -0.4 is 10.1 Å². The molecule has 2 atom stereocenters. The zero-order valence-electron chi connectivity index (χ0n) is 14.5. The molecule has 1 N–H and O–H groups in total. The Balaban J connectivity index is 2.11. The second-order valence-electron chi connectivity index (χ2n) is 6.20. The molecule has 134 valence electrons. The van der Waals surface area contributed by atoms with E-state index in [1.165, 1.54) is 23.5 Å². The number of sulfonamides is 1. The van der Waals surface area contributed by atoms with Crippen molar-refractivity contribution in [1.82, 2.24) is 9.62 Å². The normalized spacial score (nSPS) is 20.4. The molecule has 6 nitrogen and oxygen atoms in total. The van der Waals surface area contributed by atoms with Crippen molar-refractivity contribution in [1.29, 1.82) is 0 Å². The quantitative estimate of drug-likeness (QED) is 0.848. The average Bonchev–Trinajstić information content (AvgIpc) is 2.61. The van der Waals surface area contributed by atoms with E-state index in [-0.39, 0.29) is 29.3 Å². The third-order valence-corrected chi connectivity index (χ3v) is 6.33. The second-order valence-corrected chi connectivity index (χ2v) is 8.13. The van der Waals surface area contributed by atoms with Crippen molar-refractivity contribution in [3.05, 3.63) is 24.3 Å². The van der Waals surface area contributed by atoms with Crippen molar-refractivity contribution in [2.45, 2.75) is 44.0 Å². The van der Waals surface area contributed by atoms with Gasteiger partial charge in [-0.25, -0.2) is 8.42 Å². The minimum Gasteiger partial charge on any atom is -0.497 e. The summed E-state index contributed by atoms with van der Waals surface area (Å²) in [5.41, 5.74) is 0. The van der Waals surface area contributed by atoms with Gasteiger partial charge in [0.2, 0.25) is 15.9 Å². The Hall–Kier alpha value is -1.60. The van der Waals surface area contributed by atoms with Crippen LogP contribution in [0.25, 0.3) is 0 Å². The molecular weight excluding hydrogens is 328 g/mol. The van der Waals surface area contributed by atoms with E-state index < -0.39 is 10.0 Å². The molecule has 1 aromatic carbocycles. The molecule has 0 saturated carbocycles. The molecule has 1 aromatic rings. The van der Waals surface area contributed by atoms with Crippen LogP contribution in [-0.4, -0.2) is 44.9 Å². The van der Waals surface area contributed by atoms with Crippen LogP contribution in [0, 0.1) is 5.92 Å². The lowest BCUT2D eigenvalue weighted by Gasteiger charge is -2.31. The molecular formula is C17H26N2O4S. The van der Waals surface area contributed by atoms with Crippen LogP contribution in [0.4, 0.5) is 0 Å². The van der Waals surface area contributed by atoms with E-state index in [0.717, 1.165) is 12.8 Å². The average molecular weight is 354 g/mol. The monoisotopic (exact) mass is 354 g/mol. The topological polar surface area (TPSA) is 75.7 Å². The van der Waals surface area contributed by atoms with Gasteiger partial charge < -0.3 is 10.1 Å². The number of piperidine rings is 1. The van der Waals surface area contributed by atoms with Crippen LogP contribution in [0.3, 0.4) is 0 Å². The number of hydrogen-bond donors (Lipinski definition) is 1. The van der Waals surface area contributed by atoms with Gasteiger partial charge in [0, 0.05) is 19.1 Å². The van der Waals surface area contributed by atoms with Gasteiger partial charge in [0.25, 0.3) is 0 Å². The Morgan fingerprint density at radius 3 is 2.62 bits per heavy atom. The molecule has 0 radical (unpaired) electrons. The number of carbonyl (C=O) groups is 1. The highest BCUT2D eigenvalue weighted by Gasteiger charge is 2.33. The van der Waals surface area contributed by atoms with Gasteiger partial charge in [-0.3, -0.25) is 4.79 Å². The summed E-state index contributed by atoms with van der Waals surface area (Å²) in [6, 6.07) is 6.44. The van der Waals surface area contributed by atoms with E-state index in [0.29, 0.717) is 18.7 Å². The first-order valence-corrected chi connectivity index (χ1v) is 9.77. The maximum atomic E-state index is 12.8. The Bertz CT molecular complexity index is 658. The summed E-state index contributed by atoms with van der Waals surface area (Å²) in [6.45, 7) is 4.64. The fourth-order valence-corrected chi connectivity index (χ4v) is 4.26. The van der Waals surface area contributed by atoms with Crippen molar-refractivity contribution in [2.75, 3.05) is 20.2 Å². The predicted molar refractivity (Wildman–Crippen MR) is 92.4 cm³/mol. The molecule has 1 fully saturated rings. The molecule has 24 heavy (non-hydrogen) atoms. The van der Waals surface area contributed by atoms with Crippen LogP contribution in [0.2, 0.25) is 0 Å². The van der Waals surface area contributed by atoms with Gasteiger partial charge in [0.15, 0.2) is 0 Å². The van der Waals surface area contributed by atoms with Crippen molar-refractivity contribution >= 4 is 15.9 Å². The molecule has 2 rings (SSSR count). The van der Waals surface area contributed by atoms with Crippen LogP contribution in [-0.2, 0) is 14.8 Å². The zero-order chi connectivity index (χ0) is 17.7. The van der Waals surface area contributed by atoms with Gasteiger partial charge in [-0.2, -0.15) is 4.31 Å². The van der Waals surface area contributed by atoms with Crippen LogP contribution >= 0.6 is 0 Å². The van der Waals surface area contributed by atoms with E-state index in [2.05, 4.69) is 5.32 Å². The van der Waals surface area contributed by atoms with Crippen molar-refractivity contribution in [2.24, 2.45) is 5.92 Å². The number of rotatable bonds is 6. The van der Waals surface area contributed by atoms with Crippen LogP contribution in [0.1, 0.15) is 33.1 Å². The zero-order valence-corrected chi connectivity index (χ0v) is 15.3. The third-order valence-electron chi connectivity index (χ3n) is 4.45. The first-order valence-electron chi connectivity index (χ1n) is 8.33. The highest BCUT2D eigenvalue weighted by atomic mass is 32.2. The lowest BCUT2D eigenvalue weighted by Crippen LogP contribution is -2.46. The van der Waals surface area contributed by atoms with E-state index >= 15 is 0 Å². The number of hydrogen-bond acceptors (Lipinski definition) is 4. The van der Waals surface area contributed by atoms with Crippen LogP contribution in [0.5, 0.6) is 5.75 Å². The molecule has 1 amide bonds. The molecule has 0 aliphatic carbocycles. The fourth-order valence-electron chi connectivity index (χ4n) is 2.73. The highest BCUT2D eigenvalue weighted by molar-refractivity contribution is 7.89. The first kappa shape index (κ1) is 18.7. The Morgan fingerprint density at radius 2 is 2.04 bits per heavy atom. The molecule has 1 aliphatic heterocycles. The lowest BCUT2D eigenvalue weighted by atomic mass is 9.98. The number of nitrogens with zero attached hydrogens (tertiary/aromatic N) is 1. The maximum Gasteiger partial charge on any atom is 0.243 e. The van der Waals surface area contributed by atoms with Crippen molar-refractivity contribution in [3.63, 3.8) is 0 Å². The minimum atomic E-state index is -3.59. The molecule has 0 spiro atoms. The Kier molecular flexibility index (Phi) is 6.23. The summed E-state index contributed by atoms with van der Waals surface area (Å²) in [5, 5.41) is 2.95. The molecule has 1 heterocycles. The van der Waals surface area contributed by atoms with Crippen molar-refractivity contribution < 1.29 is 17.9 Å². The number of ether oxygens (including phenoxy) is 1. The molecule has 1 aliphatic rings. The van der Waals surface area contributed by atoms with E-state index in [9.17, 15) is 13.2 Å². The molecule has 7 heteroatoms. The largest absolute Gasteiger partial charge is 0.497 e. The molecule has 1 saturated heterocycles. The Labute approximate surface area is 144 Å². The van der Waals surface area contributed by atoms with E-state index in [4.69, 9.17) is 4.74 Å². The summed E-state index contributed by atoms with van der Waals surface area (Å²) in [5.74, 6) is 0.262. The Morgan fingerprint density at radius 1 is 1.38 bits per heavy atom. The number of methoxy groups -OCH3 is 1. The molecule has 0 aromatic heterocycles. The van der Waals surface area contributed by atoms with Gasteiger partial charge in [-0.15, -0.1) is 0 Å². The number of amides is 1. The predicted octanol–water partition coefficient (Wildman–Crippen LogP) is 2.01. The second kappa shape index (κ2) is 7.98. The first-order chi connectivity index (χ1) is 11.4. The third kappa shape index (κ3) is 4.27. The summed E-state index contributed by atoms with van der Waals surface area (Å²) >= 11 is 0. The van der Waals surface area contributed by atoms with Gasteiger partial charge in [-0.1, -0.05) is 6.92 Å².